The number of carbonyl (C=O) groups excluding carboxylic acids is 2. The van der Waals surface area contributed by atoms with Crippen LogP contribution in [0, 0.1) is 5.92 Å². The smallest absolute Gasteiger partial charge is 0.327 e. The van der Waals surface area contributed by atoms with Gasteiger partial charge in [-0.05, 0) is 44.0 Å². The second-order valence-electron chi connectivity index (χ2n) is 7.19. The number of methoxy groups -OCH3 is 1. The van der Waals surface area contributed by atoms with Crippen LogP contribution in [0.2, 0.25) is 0 Å². The summed E-state index contributed by atoms with van der Waals surface area (Å²) in [5.41, 5.74) is 0.807. The fourth-order valence-corrected chi connectivity index (χ4v) is 4.16. The summed E-state index contributed by atoms with van der Waals surface area (Å²) in [7, 11) is 1.61. The number of nitrogens with zero attached hydrogens (tertiary/aromatic N) is 4. The number of hydrogen-bond acceptors (Lipinski definition) is 6. The molecule has 1 saturated heterocycles. The Morgan fingerprint density at radius 1 is 1.18 bits per heavy atom. The minimum absolute atomic E-state index is 0.0436. The van der Waals surface area contributed by atoms with Gasteiger partial charge in [-0.1, -0.05) is 18.0 Å². The van der Waals surface area contributed by atoms with Gasteiger partial charge in [0.1, 0.15) is 12.3 Å². The van der Waals surface area contributed by atoms with E-state index in [0.29, 0.717) is 18.3 Å². The zero-order valence-corrected chi connectivity index (χ0v) is 16.1. The second kappa shape index (κ2) is 7.61. The van der Waals surface area contributed by atoms with Crippen LogP contribution >= 0.6 is 0 Å². The molecular weight excluding hydrogens is 360 g/mol. The Balaban J connectivity index is 1.56. The Hall–Kier alpha value is -2.90. The lowest BCUT2D eigenvalue weighted by Gasteiger charge is -2.46. The predicted octanol–water partition coefficient (Wildman–Crippen LogP) is 3.09. The van der Waals surface area contributed by atoms with Gasteiger partial charge in [-0.15, -0.1) is 0 Å². The topological polar surface area (TPSA) is 88.8 Å². The molecule has 2 atom stereocenters. The van der Waals surface area contributed by atoms with Gasteiger partial charge in [0.25, 0.3) is 0 Å². The summed E-state index contributed by atoms with van der Waals surface area (Å²) in [5.74, 6) is 1.41. The molecule has 148 valence electrons. The highest BCUT2D eigenvalue weighted by Gasteiger charge is 2.46. The van der Waals surface area contributed by atoms with Crippen molar-refractivity contribution in [2.45, 2.75) is 45.2 Å². The van der Waals surface area contributed by atoms with Crippen molar-refractivity contribution in [1.29, 1.82) is 0 Å². The van der Waals surface area contributed by atoms with Crippen molar-refractivity contribution in [3.8, 4) is 17.1 Å². The van der Waals surface area contributed by atoms with Crippen molar-refractivity contribution in [3.63, 3.8) is 0 Å². The summed E-state index contributed by atoms with van der Waals surface area (Å²) in [6.07, 6.45) is 3.70. The van der Waals surface area contributed by atoms with E-state index in [2.05, 4.69) is 10.1 Å². The third-order valence-corrected chi connectivity index (χ3v) is 5.63. The molecule has 0 spiro atoms. The number of imide groups is 1. The van der Waals surface area contributed by atoms with Crippen LogP contribution in [0.4, 0.5) is 4.79 Å². The molecule has 0 N–H and O–H groups in total. The number of rotatable bonds is 5. The summed E-state index contributed by atoms with van der Waals surface area (Å²) < 4.78 is 10.6. The Morgan fingerprint density at radius 2 is 1.93 bits per heavy atom. The second-order valence-corrected chi connectivity index (χ2v) is 7.19. The van der Waals surface area contributed by atoms with Crippen molar-refractivity contribution in [2.75, 3.05) is 13.7 Å². The first-order chi connectivity index (χ1) is 13.6. The van der Waals surface area contributed by atoms with Crippen LogP contribution in [-0.4, -0.2) is 51.6 Å². The Morgan fingerprint density at radius 3 is 2.64 bits per heavy atom. The first kappa shape index (κ1) is 18.5. The lowest BCUT2D eigenvalue weighted by Crippen LogP contribution is -2.61. The SMILES string of the molecule is CCN1C(=O)C2CCCCC2N(Cc2nc(-c3ccc(OC)cc3)no2)C1=O. The van der Waals surface area contributed by atoms with Crippen molar-refractivity contribution in [1.82, 2.24) is 19.9 Å². The number of ether oxygens (including phenoxy) is 1. The van der Waals surface area contributed by atoms with Gasteiger partial charge in [0.2, 0.25) is 17.6 Å². The summed E-state index contributed by atoms with van der Waals surface area (Å²) in [6, 6.07) is 7.02. The summed E-state index contributed by atoms with van der Waals surface area (Å²) >= 11 is 0. The zero-order valence-electron chi connectivity index (χ0n) is 16.1. The maximum Gasteiger partial charge on any atom is 0.327 e. The minimum atomic E-state index is -0.264. The third-order valence-electron chi connectivity index (χ3n) is 5.63. The third kappa shape index (κ3) is 3.23. The highest BCUT2D eigenvalue weighted by molar-refractivity contribution is 5.98. The molecule has 8 heteroatoms. The number of carbonyl (C=O) groups is 2. The van der Waals surface area contributed by atoms with E-state index >= 15 is 0 Å². The van der Waals surface area contributed by atoms with Gasteiger partial charge in [0.15, 0.2) is 0 Å². The first-order valence-corrected chi connectivity index (χ1v) is 9.71. The Labute approximate surface area is 163 Å². The van der Waals surface area contributed by atoms with Crippen LogP contribution in [0.3, 0.4) is 0 Å². The van der Waals surface area contributed by atoms with E-state index in [-0.39, 0.29) is 30.4 Å². The van der Waals surface area contributed by atoms with Crippen LogP contribution in [0.25, 0.3) is 11.4 Å². The van der Waals surface area contributed by atoms with E-state index in [9.17, 15) is 9.59 Å². The number of benzene rings is 1. The van der Waals surface area contributed by atoms with Crippen LogP contribution in [0.5, 0.6) is 5.75 Å². The quantitative estimate of drug-likeness (QED) is 0.787. The van der Waals surface area contributed by atoms with Crippen molar-refractivity contribution >= 4 is 11.9 Å². The van der Waals surface area contributed by atoms with Gasteiger partial charge in [-0.2, -0.15) is 4.98 Å². The molecule has 0 bridgehead atoms. The van der Waals surface area contributed by atoms with E-state index < -0.39 is 0 Å². The van der Waals surface area contributed by atoms with E-state index in [0.717, 1.165) is 37.0 Å². The van der Waals surface area contributed by atoms with Crippen LogP contribution in [-0.2, 0) is 11.3 Å². The molecule has 28 heavy (non-hydrogen) atoms. The molecule has 2 heterocycles. The summed E-state index contributed by atoms with van der Waals surface area (Å²) in [4.78, 5) is 33.1. The highest BCUT2D eigenvalue weighted by Crippen LogP contribution is 2.35. The van der Waals surface area contributed by atoms with Gasteiger partial charge in [-0.3, -0.25) is 9.69 Å². The molecule has 4 rings (SSSR count). The van der Waals surface area contributed by atoms with Gasteiger partial charge in [0.05, 0.1) is 13.0 Å². The number of urea groups is 1. The number of aromatic nitrogens is 2. The Bertz CT molecular complexity index is 863. The van der Waals surface area contributed by atoms with Gasteiger partial charge in [0, 0.05) is 18.2 Å². The number of hydrogen-bond donors (Lipinski definition) is 0. The molecular formula is C20H24N4O4. The molecule has 1 aliphatic heterocycles. The van der Waals surface area contributed by atoms with Crippen LogP contribution < -0.4 is 4.74 Å². The molecule has 1 saturated carbocycles. The molecule has 2 aromatic rings. The molecule has 3 amide bonds. The van der Waals surface area contributed by atoms with Crippen LogP contribution in [0.15, 0.2) is 28.8 Å². The van der Waals surface area contributed by atoms with Crippen molar-refractivity contribution < 1.29 is 18.8 Å². The number of amides is 3. The molecule has 1 aromatic carbocycles. The van der Waals surface area contributed by atoms with E-state index in [1.807, 2.05) is 31.2 Å². The maximum atomic E-state index is 12.9. The average molecular weight is 384 g/mol. The molecule has 2 aliphatic rings. The molecule has 1 aromatic heterocycles. The van der Waals surface area contributed by atoms with Gasteiger partial charge >= 0.3 is 6.03 Å². The van der Waals surface area contributed by atoms with Crippen molar-refractivity contribution in [3.05, 3.63) is 30.2 Å². The highest BCUT2D eigenvalue weighted by atomic mass is 16.5. The van der Waals surface area contributed by atoms with E-state index in [1.54, 1.807) is 12.0 Å². The molecule has 0 radical (unpaired) electrons. The van der Waals surface area contributed by atoms with E-state index in [4.69, 9.17) is 9.26 Å². The molecule has 8 nitrogen and oxygen atoms in total. The number of fused-ring (bicyclic) bond motifs is 1. The minimum Gasteiger partial charge on any atom is -0.497 e. The van der Waals surface area contributed by atoms with E-state index in [1.165, 1.54) is 4.90 Å². The largest absolute Gasteiger partial charge is 0.497 e. The molecule has 2 fully saturated rings. The standard InChI is InChI=1S/C20H24N4O4/c1-3-23-19(25)15-6-4-5-7-16(15)24(20(23)26)12-17-21-18(22-28-17)13-8-10-14(27-2)11-9-13/h8-11,15-16H,3-7,12H2,1-2H3. The maximum absolute atomic E-state index is 12.9. The first-order valence-electron chi connectivity index (χ1n) is 9.71. The molecule has 2 unspecified atom stereocenters. The fraction of sp³-hybridized carbons (Fsp3) is 0.500. The van der Waals surface area contributed by atoms with Crippen molar-refractivity contribution in [2.24, 2.45) is 5.92 Å². The predicted molar refractivity (Wildman–Crippen MR) is 100 cm³/mol. The van der Waals surface area contributed by atoms with Gasteiger partial charge < -0.3 is 14.2 Å². The normalized spacial score (nSPS) is 22.4. The fourth-order valence-electron chi connectivity index (χ4n) is 4.16. The summed E-state index contributed by atoms with van der Waals surface area (Å²) in [5, 5.41) is 4.05. The van der Waals surface area contributed by atoms with Crippen LogP contribution in [0.1, 0.15) is 38.5 Å². The lowest BCUT2D eigenvalue weighted by atomic mass is 9.81. The lowest BCUT2D eigenvalue weighted by molar-refractivity contribution is -0.140. The van der Waals surface area contributed by atoms with Gasteiger partial charge in [-0.25, -0.2) is 4.79 Å². The monoisotopic (exact) mass is 384 g/mol. The zero-order chi connectivity index (χ0) is 19.7. The molecule has 1 aliphatic carbocycles. The summed E-state index contributed by atoms with van der Waals surface area (Å²) in [6.45, 7) is 2.41. The average Bonchev–Trinajstić information content (AvgIpc) is 3.20. The Kier molecular flexibility index (Phi) is 5.02.